The lowest BCUT2D eigenvalue weighted by Crippen LogP contribution is -2.32. The topological polar surface area (TPSA) is 96.9 Å². The molecule has 2 N–H and O–H groups in total. The van der Waals surface area contributed by atoms with Crippen molar-refractivity contribution in [1.29, 1.82) is 0 Å². The van der Waals surface area contributed by atoms with Gasteiger partial charge in [0.25, 0.3) is 0 Å². The molecule has 162 valence electrons. The highest BCUT2D eigenvalue weighted by Crippen LogP contribution is 2.22. The molecule has 0 atom stereocenters. The zero-order valence-electron chi connectivity index (χ0n) is 17.4. The number of ether oxygens (including phenoxy) is 1. The molecule has 2 amide bonds. The number of rotatable bonds is 5. The zero-order valence-corrected chi connectivity index (χ0v) is 18.1. The van der Waals surface area contributed by atoms with E-state index < -0.39 is 17.8 Å². The number of hydrogen-bond donors (Lipinski definition) is 2. The van der Waals surface area contributed by atoms with E-state index in [9.17, 15) is 14.4 Å². The molecule has 7 nitrogen and oxygen atoms in total. The van der Waals surface area contributed by atoms with E-state index >= 15 is 0 Å². The molecule has 0 aliphatic rings. The van der Waals surface area contributed by atoms with E-state index in [-0.39, 0.29) is 0 Å². The van der Waals surface area contributed by atoms with Crippen LogP contribution < -0.4 is 15.5 Å². The summed E-state index contributed by atoms with van der Waals surface area (Å²) in [6, 6.07) is 18.6. The summed E-state index contributed by atoms with van der Waals surface area (Å²) < 4.78 is 5.33. The molecule has 32 heavy (non-hydrogen) atoms. The van der Waals surface area contributed by atoms with Crippen molar-refractivity contribution in [2.24, 2.45) is 5.10 Å². The Morgan fingerprint density at radius 3 is 2.28 bits per heavy atom. The maximum Gasteiger partial charge on any atom is 0.343 e. The van der Waals surface area contributed by atoms with E-state index in [0.717, 1.165) is 5.56 Å². The first kappa shape index (κ1) is 22.7. The number of benzene rings is 3. The van der Waals surface area contributed by atoms with Gasteiger partial charge in [0.05, 0.1) is 11.8 Å². The Kier molecular flexibility index (Phi) is 7.36. The maximum atomic E-state index is 12.2. The van der Waals surface area contributed by atoms with Gasteiger partial charge < -0.3 is 10.1 Å². The first-order valence-electron chi connectivity index (χ1n) is 9.62. The smallest absolute Gasteiger partial charge is 0.343 e. The van der Waals surface area contributed by atoms with Crippen LogP contribution in [0.1, 0.15) is 27.0 Å². The lowest BCUT2D eigenvalue weighted by Gasteiger charge is -2.08. The minimum absolute atomic E-state index is 0.369. The second-order valence-corrected chi connectivity index (χ2v) is 7.30. The van der Waals surface area contributed by atoms with Crippen LogP contribution in [0.15, 0.2) is 71.8 Å². The van der Waals surface area contributed by atoms with Crippen LogP contribution in [0, 0.1) is 13.8 Å². The molecule has 0 heterocycles. The van der Waals surface area contributed by atoms with E-state index in [1.54, 1.807) is 61.5 Å². The third-order valence-electron chi connectivity index (χ3n) is 4.48. The Bertz CT molecular complexity index is 1170. The number of amides is 2. The fraction of sp³-hybridized carbons (Fsp3) is 0.0833. The molecule has 0 bridgehead atoms. The van der Waals surface area contributed by atoms with Gasteiger partial charge in [0.2, 0.25) is 0 Å². The molecule has 0 radical (unpaired) electrons. The number of halogens is 1. The molecule has 0 aliphatic carbocycles. The predicted octanol–water partition coefficient (Wildman–Crippen LogP) is 4.26. The lowest BCUT2D eigenvalue weighted by molar-refractivity contribution is -0.136. The van der Waals surface area contributed by atoms with Crippen molar-refractivity contribution in [1.82, 2.24) is 5.43 Å². The number of carbonyl (C=O) groups is 3. The van der Waals surface area contributed by atoms with Crippen LogP contribution in [0.3, 0.4) is 0 Å². The molecular weight excluding hydrogens is 430 g/mol. The van der Waals surface area contributed by atoms with Gasteiger partial charge in [0.15, 0.2) is 0 Å². The third-order valence-corrected chi connectivity index (χ3v) is 4.89. The molecule has 0 saturated heterocycles. The second kappa shape index (κ2) is 10.4. The quantitative estimate of drug-likeness (QED) is 0.200. The number of hydrogen-bond acceptors (Lipinski definition) is 5. The highest BCUT2D eigenvalue weighted by molar-refractivity contribution is 6.40. The van der Waals surface area contributed by atoms with Crippen LogP contribution >= 0.6 is 11.6 Å². The van der Waals surface area contributed by atoms with Crippen LogP contribution in [0.5, 0.6) is 5.75 Å². The van der Waals surface area contributed by atoms with Crippen LogP contribution in [-0.4, -0.2) is 24.0 Å². The molecule has 0 aromatic heterocycles. The van der Waals surface area contributed by atoms with Crippen LogP contribution in [-0.2, 0) is 9.59 Å². The molecular formula is C24H20ClN3O4. The van der Waals surface area contributed by atoms with Crippen molar-refractivity contribution in [3.63, 3.8) is 0 Å². The van der Waals surface area contributed by atoms with Gasteiger partial charge in [0.1, 0.15) is 5.75 Å². The standard InChI is InChI=1S/C24H20ClN3O4/c1-15-6-10-18(11-7-15)24(31)32-19-12-8-17(9-13-19)14-26-28-23(30)22(29)27-21-5-3-4-20(25)16(21)2/h3-14H,1-2H3,(H,27,29)(H,28,30)/b26-14+. The van der Waals surface area contributed by atoms with Crippen LogP contribution in [0.4, 0.5) is 5.69 Å². The van der Waals surface area contributed by atoms with Crippen molar-refractivity contribution >= 4 is 41.3 Å². The van der Waals surface area contributed by atoms with Gasteiger partial charge in [-0.25, -0.2) is 10.2 Å². The number of aryl methyl sites for hydroxylation is 1. The summed E-state index contributed by atoms with van der Waals surface area (Å²) in [6.45, 7) is 3.67. The first-order valence-corrected chi connectivity index (χ1v) is 9.99. The third kappa shape index (κ3) is 6.02. The second-order valence-electron chi connectivity index (χ2n) is 6.89. The Morgan fingerprint density at radius 2 is 1.59 bits per heavy atom. The Balaban J connectivity index is 1.52. The lowest BCUT2D eigenvalue weighted by atomic mass is 10.1. The van der Waals surface area contributed by atoms with Gasteiger partial charge in [-0.05, 0) is 73.5 Å². The summed E-state index contributed by atoms with van der Waals surface area (Å²) in [5.74, 6) is -1.89. The molecule has 3 rings (SSSR count). The number of anilines is 1. The molecule has 0 saturated carbocycles. The maximum absolute atomic E-state index is 12.2. The van der Waals surface area contributed by atoms with E-state index in [4.69, 9.17) is 16.3 Å². The molecule has 0 aliphatic heterocycles. The Labute approximate surface area is 190 Å². The summed E-state index contributed by atoms with van der Waals surface area (Å²) >= 11 is 6.00. The van der Waals surface area contributed by atoms with Gasteiger partial charge in [-0.15, -0.1) is 0 Å². The van der Waals surface area contributed by atoms with Gasteiger partial charge in [-0.2, -0.15) is 5.10 Å². The van der Waals surface area contributed by atoms with Crippen molar-refractivity contribution in [2.45, 2.75) is 13.8 Å². The summed E-state index contributed by atoms with van der Waals surface area (Å²) in [5.41, 5.74) is 5.39. The average Bonchev–Trinajstić information content (AvgIpc) is 2.78. The SMILES string of the molecule is Cc1ccc(C(=O)Oc2ccc(/C=N/NC(=O)C(=O)Nc3cccc(Cl)c3C)cc2)cc1. The van der Waals surface area contributed by atoms with Crippen LogP contribution in [0.2, 0.25) is 5.02 Å². The molecule has 8 heteroatoms. The number of nitrogens with one attached hydrogen (secondary N) is 2. The van der Waals surface area contributed by atoms with E-state index in [1.165, 1.54) is 6.21 Å². The fourth-order valence-corrected chi connectivity index (χ4v) is 2.79. The Hall–Kier alpha value is -3.97. The van der Waals surface area contributed by atoms with E-state index in [0.29, 0.717) is 33.1 Å². The summed E-state index contributed by atoms with van der Waals surface area (Å²) in [5, 5.41) is 6.74. The molecule has 0 fully saturated rings. The first-order chi connectivity index (χ1) is 15.3. The number of hydrazone groups is 1. The molecule has 3 aromatic rings. The summed E-state index contributed by atoms with van der Waals surface area (Å²) in [4.78, 5) is 36.1. The monoisotopic (exact) mass is 449 g/mol. The predicted molar refractivity (Wildman–Crippen MR) is 123 cm³/mol. The number of carbonyl (C=O) groups excluding carboxylic acids is 3. The van der Waals surface area contributed by atoms with E-state index in [1.807, 2.05) is 19.1 Å². The molecule has 0 unspecified atom stereocenters. The minimum atomic E-state index is -0.927. The number of nitrogens with zero attached hydrogens (tertiary/aromatic N) is 1. The molecule has 0 spiro atoms. The highest BCUT2D eigenvalue weighted by Gasteiger charge is 2.14. The van der Waals surface area contributed by atoms with Crippen molar-refractivity contribution in [3.05, 3.63) is 94.0 Å². The van der Waals surface area contributed by atoms with Crippen molar-refractivity contribution in [3.8, 4) is 5.75 Å². The average molecular weight is 450 g/mol. The zero-order chi connectivity index (χ0) is 23.1. The summed E-state index contributed by atoms with van der Waals surface area (Å²) in [7, 11) is 0. The van der Waals surface area contributed by atoms with Crippen LogP contribution in [0.25, 0.3) is 0 Å². The molecule has 3 aromatic carbocycles. The van der Waals surface area contributed by atoms with E-state index in [2.05, 4.69) is 15.8 Å². The van der Waals surface area contributed by atoms with Gasteiger partial charge in [0, 0.05) is 10.7 Å². The Morgan fingerprint density at radius 1 is 0.906 bits per heavy atom. The van der Waals surface area contributed by atoms with Gasteiger partial charge in [-0.3, -0.25) is 9.59 Å². The van der Waals surface area contributed by atoms with Gasteiger partial charge >= 0.3 is 17.8 Å². The normalized spacial score (nSPS) is 10.6. The van der Waals surface area contributed by atoms with Gasteiger partial charge in [-0.1, -0.05) is 35.4 Å². The van der Waals surface area contributed by atoms with Crippen molar-refractivity contribution in [2.75, 3.05) is 5.32 Å². The van der Waals surface area contributed by atoms with Crippen molar-refractivity contribution < 1.29 is 19.1 Å². The minimum Gasteiger partial charge on any atom is -0.423 e. The number of esters is 1. The largest absolute Gasteiger partial charge is 0.423 e. The highest BCUT2D eigenvalue weighted by atomic mass is 35.5. The summed E-state index contributed by atoms with van der Waals surface area (Å²) in [6.07, 6.45) is 1.36. The fourth-order valence-electron chi connectivity index (χ4n) is 2.62.